The summed E-state index contributed by atoms with van der Waals surface area (Å²) in [7, 11) is 0. The molecule has 0 aliphatic carbocycles. The maximum Gasteiger partial charge on any atom is 0.0383 e. The molecule has 0 amide bonds. The van der Waals surface area contributed by atoms with Crippen LogP contribution in [0.15, 0.2) is 11.2 Å². The van der Waals surface area contributed by atoms with Gasteiger partial charge in [-0.25, -0.2) is 0 Å². The second-order valence-electron chi connectivity index (χ2n) is 1.84. The van der Waals surface area contributed by atoms with Crippen LogP contribution in [0.3, 0.4) is 0 Å². The van der Waals surface area contributed by atoms with Crippen LogP contribution in [-0.4, -0.2) is 6.54 Å². The molecule has 1 atom stereocenters. The van der Waals surface area contributed by atoms with Crippen LogP contribution in [0.1, 0.15) is 6.92 Å². The first kappa shape index (κ1) is 4.98. The minimum Gasteiger partial charge on any atom is -0.389 e. The lowest BCUT2D eigenvalue weighted by atomic mass is 10.2. The fourth-order valence-electron chi connectivity index (χ4n) is 0.573. The van der Waals surface area contributed by atoms with E-state index in [9.17, 15) is 0 Å². The Kier molecular flexibility index (Phi) is 1.24. The first-order chi connectivity index (χ1) is 3.30. The smallest absolute Gasteiger partial charge is 0.0383 e. The first-order valence-corrected chi connectivity index (χ1v) is 2.77. The van der Waals surface area contributed by atoms with E-state index in [-0.39, 0.29) is 0 Å². The van der Waals surface area contributed by atoms with Crippen molar-refractivity contribution >= 4 is 11.6 Å². The molecule has 0 spiro atoms. The van der Waals surface area contributed by atoms with Gasteiger partial charge in [0.1, 0.15) is 0 Å². The Labute approximate surface area is 48.4 Å². The highest BCUT2D eigenvalue weighted by molar-refractivity contribution is 6.30. The maximum atomic E-state index is 5.66. The number of rotatable bonds is 0. The van der Waals surface area contributed by atoms with Gasteiger partial charge in [0.25, 0.3) is 0 Å². The van der Waals surface area contributed by atoms with Gasteiger partial charge in [-0.05, 0) is 0 Å². The van der Waals surface area contributed by atoms with E-state index in [4.69, 9.17) is 11.6 Å². The summed E-state index contributed by atoms with van der Waals surface area (Å²) in [5.41, 5.74) is 0. The van der Waals surface area contributed by atoms with Crippen LogP contribution in [-0.2, 0) is 0 Å². The van der Waals surface area contributed by atoms with Crippen LogP contribution in [0.5, 0.6) is 0 Å². The Bertz CT molecular complexity index is 98.3. The summed E-state index contributed by atoms with van der Waals surface area (Å²) in [5, 5.41) is 3.97. The highest BCUT2D eigenvalue weighted by atomic mass is 35.5. The molecular weight excluding hydrogens is 110 g/mol. The largest absolute Gasteiger partial charge is 0.389 e. The fourth-order valence-corrected chi connectivity index (χ4v) is 0.727. The van der Waals surface area contributed by atoms with Gasteiger partial charge >= 0.3 is 0 Å². The van der Waals surface area contributed by atoms with Crippen molar-refractivity contribution in [2.75, 3.05) is 6.54 Å². The molecule has 0 aromatic rings. The van der Waals surface area contributed by atoms with Crippen LogP contribution in [0.2, 0.25) is 0 Å². The van der Waals surface area contributed by atoms with Crippen LogP contribution >= 0.6 is 11.6 Å². The van der Waals surface area contributed by atoms with E-state index < -0.39 is 0 Å². The zero-order chi connectivity index (χ0) is 5.28. The lowest BCUT2D eigenvalue weighted by Crippen LogP contribution is -2.05. The van der Waals surface area contributed by atoms with Crippen molar-refractivity contribution in [3.05, 3.63) is 11.2 Å². The van der Waals surface area contributed by atoms with Crippen molar-refractivity contribution < 1.29 is 0 Å². The Hall–Kier alpha value is -0.170. The minimum absolute atomic E-state index is 0.529. The molecule has 0 aromatic heterocycles. The van der Waals surface area contributed by atoms with Crippen molar-refractivity contribution in [1.82, 2.24) is 5.32 Å². The predicted octanol–water partition coefficient (Wildman–Crippen LogP) is 1.31. The Morgan fingerprint density at radius 1 is 2.00 bits per heavy atom. The summed E-state index contributed by atoms with van der Waals surface area (Å²) in [5.74, 6) is 0.529. The molecule has 2 heteroatoms. The van der Waals surface area contributed by atoms with Gasteiger partial charge in [0.2, 0.25) is 0 Å². The molecule has 0 fully saturated rings. The molecule has 0 unspecified atom stereocenters. The molecule has 0 saturated carbocycles. The summed E-state index contributed by atoms with van der Waals surface area (Å²) < 4.78 is 0. The zero-order valence-corrected chi connectivity index (χ0v) is 5.00. The molecule has 0 radical (unpaired) electrons. The Morgan fingerprint density at radius 2 is 2.71 bits per heavy atom. The highest BCUT2D eigenvalue weighted by Gasteiger charge is 2.09. The third kappa shape index (κ3) is 0.885. The van der Waals surface area contributed by atoms with E-state index in [1.54, 1.807) is 0 Å². The Balaban J connectivity index is 2.54. The molecule has 7 heavy (non-hydrogen) atoms. The van der Waals surface area contributed by atoms with Crippen LogP contribution < -0.4 is 5.32 Å². The molecule has 1 heterocycles. The van der Waals surface area contributed by atoms with Gasteiger partial charge in [-0.2, -0.15) is 0 Å². The topological polar surface area (TPSA) is 12.0 Å². The summed E-state index contributed by atoms with van der Waals surface area (Å²) in [6.07, 6.45) is 1.85. The molecule has 1 N–H and O–H groups in total. The lowest BCUT2D eigenvalue weighted by molar-refractivity contribution is 0.716. The van der Waals surface area contributed by atoms with Crippen molar-refractivity contribution in [1.29, 1.82) is 0 Å². The summed E-state index contributed by atoms with van der Waals surface area (Å²) in [6.45, 7) is 3.09. The third-order valence-corrected chi connectivity index (χ3v) is 1.62. The lowest BCUT2D eigenvalue weighted by Gasteiger charge is -1.95. The van der Waals surface area contributed by atoms with E-state index in [2.05, 4.69) is 12.2 Å². The van der Waals surface area contributed by atoms with E-state index in [0.29, 0.717) is 5.92 Å². The van der Waals surface area contributed by atoms with Gasteiger partial charge in [0.05, 0.1) is 0 Å². The minimum atomic E-state index is 0.529. The van der Waals surface area contributed by atoms with Gasteiger partial charge in [-0.1, -0.05) is 18.5 Å². The molecule has 1 rings (SSSR count). The summed E-state index contributed by atoms with van der Waals surface area (Å²) in [4.78, 5) is 0. The monoisotopic (exact) mass is 117 g/mol. The summed E-state index contributed by atoms with van der Waals surface area (Å²) >= 11 is 5.66. The van der Waals surface area contributed by atoms with E-state index in [0.717, 1.165) is 11.6 Å². The van der Waals surface area contributed by atoms with Gasteiger partial charge < -0.3 is 5.32 Å². The molecule has 0 aromatic carbocycles. The van der Waals surface area contributed by atoms with E-state index in [1.165, 1.54) is 0 Å². The van der Waals surface area contributed by atoms with Crippen molar-refractivity contribution in [3.63, 3.8) is 0 Å². The molecule has 40 valence electrons. The predicted molar refractivity (Wildman–Crippen MR) is 31.1 cm³/mol. The number of hydrogen-bond donors (Lipinski definition) is 1. The number of hydrogen-bond acceptors (Lipinski definition) is 1. The number of nitrogens with one attached hydrogen (secondary N) is 1. The van der Waals surface area contributed by atoms with Crippen molar-refractivity contribution in [2.24, 2.45) is 5.92 Å². The molecule has 1 aliphatic heterocycles. The van der Waals surface area contributed by atoms with Crippen molar-refractivity contribution in [3.8, 4) is 0 Å². The maximum absolute atomic E-state index is 5.66. The molecule has 0 saturated heterocycles. The average Bonchev–Trinajstić information content (AvgIpc) is 1.91. The first-order valence-electron chi connectivity index (χ1n) is 2.39. The number of halogens is 1. The quantitative estimate of drug-likeness (QED) is 0.505. The average molecular weight is 118 g/mol. The van der Waals surface area contributed by atoms with Crippen molar-refractivity contribution in [2.45, 2.75) is 6.92 Å². The second-order valence-corrected chi connectivity index (χ2v) is 2.27. The molecular formula is C5H8ClN. The highest BCUT2D eigenvalue weighted by Crippen LogP contribution is 2.16. The van der Waals surface area contributed by atoms with E-state index in [1.807, 2.05) is 6.20 Å². The summed E-state index contributed by atoms with van der Waals surface area (Å²) in [6, 6.07) is 0. The Morgan fingerprint density at radius 3 is 2.86 bits per heavy atom. The SMILES string of the molecule is C[C@@H]1CNC=C1Cl. The third-order valence-electron chi connectivity index (χ3n) is 1.13. The van der Waals surface area contributed by atoms with Crippen LogP contribution in [0.25, 0.3) is 0 Å². The van der Waals surface area contributed by atoms with Crippen LogP contribution in [0.4, 0.5) is 0 Å². The second kappa shape index (κ2) is 1.74. The fraction of sp³-hybridized carbons (Fsp3) is 0.600. The van der Waals surface area contributed by atoms with Crippen LogP contribution in [0, 0.1) is 5.92 Å². The van der Waals surface area contributed by atoms with Gasteiger partial charge in [0.15, 0.2) is 0 Å². The van der Waals surface area contributed by atoms with Gasteiger partial charge in [-0.15, -0.1) is 0 Å². The molecule has 1 aliphatic rings. The molecule has 1 nitrogen and oxygen atoms in total. The van der Waals surface area contributed by atoms with E-state index >= 15 is 0 Å². The van der Waals surface area contributed by atoms with Gasteiger partial charge in [0, 0.05) is 23.7 Å². The van der Waals surface area contributed by atoms with Gasteiger partial charge in [-0.3, -0.25) is 0 Å². The molecule has 0 bridgehead atoms. The standard InChI is InChI=1S/C5H8ClN/c1-4-2-7-3-5(4)6/h3-4,7H,2H2,1H3/t4-/m1/s1. The normalized spacial score (nSPS) is 29.4. The zero-order valence-electron chi connectivity index (χ0n) is 4.24.